The summed E-state index contributed by atoms with van der Waals surface area (Å²) in [5.41, 5.74) is 3.59. The number of nitrogens with zero attached hydrogens (tertiary/aromatic N) is 6. The van der Waals surface area contributed by atoms with Crippen LogP contribution < -0.4 is 5.56 Å². The summed E-state index contributed by atoms with van der Waals surface area (Å²) in [4.78, 5) is 38.8. The van der Waals surface area contributed by atoms with Gasteiger partial charge in [0.05, 0.1) is 22.9 Å². The van der Waals surface area contributed by atoms with Crippen LogP contribution in [0.4, 0.5) is 0 Å². The van der Waals surface area contributed by atoms with Gasteiger partial charge in [0.1, 0.15) is 5.65 Å². The molecule has 0 bridgehead atoms. The second-order valence-corrected chi connectivity index (χ2v) is 8.32. The van der Waals surface area contributed by atoms with E-state index < -0.39 is 0 Å². The van der Waals surface area contributed by atoms with E-state index in [0.717, 1.165) is 42.1 Å². The minimum absolute atomic E-state index is 0.0774. The third kappa shape index (κ3) is 4.01. The Kier molecular flexibility index (Phi) is 5.45. The van der Waals surface area contributed by atoms with E-state index in [2.05, 4.69) is 21.1 Å². The number of aryl methyl sites for hydroxylation is 2. The van der Waals surface area contributed by atoms with Crippen LogP contribution in [0.2, 0.25) is 0 Å². The van der Waals surface area contributed by atoms with Crippen molar-refractivity contribution in [1.82, 2.24) is 28.7 Å². The van der Waals surface area contributed by atoms with Gasteiger partial charge in [0, 0.05) is 58.1 Å². The number of pyridine rings is 1. The van der Waals surface area contributed by atoms with Gasteiger partial charge in [-0.05, 0) is 30.7 Å². The summed E-state index contributed by atoms with van der Waals surface area (Å²) in [6.45, 7) is 6.08. The van der Waals surface area contributed by atoms with Crippen molar-refractivity contribution in [3.05, 3.63) is 76.7 Å². The first-order chi connectivity index (χ1) is 15.6. The van der Waals surface area contributed by atoms with Gasteiger partial charge in [0.2, 0.25) is 5.91 Å². The fourth-order valence-corrected chi connectivity index (χ4v) is 4.32. The first-order valence-corrected chi connectivity index (χ1v) is 11.0. The number of imidazole rings is 1. The molecular formula is C24H26N6O2. The number of fused-ring (bicyclic) bond motifs is 2. The van der Waals surface area contributed by atoms with Gasteiger partial charge in [-0.3, -0.25) is 19.1 Å². The van der Waals surface area contributed by atoms with Gasteiger partial charge in [-0.1, -0.05) is 18.2 Å². The quantitative estimate of drug-likeness (QED) is 0.485. The average molecular weight is 431 g/mol. The van der Waals surface area contributed by atoms with E-state index in [0.29, 0.717) is 31.4 Å². The SMILES string of the molecule is Cc1cccc2c(=O)n(CCC(=O)N3CCN(Cc4cn5ccccc5n4)CC3)cnc12. The molecule has 8 nitrogen and oxygen atoms in total. The van der Waals surface area contributed by atoms with Gasteiger partial charge < -0.3 is 9.30 Å². The number of piperazine rings is 1. The minimum Gasteiger partial charge on any atom is -0.340 e. The maximum atomic E-state index is 12.7. The first kappa shape index (κ1) is 20.4. The standard InChI is InChI=1S/C24H26N6O2/c1-18-5-4-6-20-23(18)25-17-30(24(20)32)10-8-22(31)28-13-11-27(12-14-28)15-19-16-29-9-3-2-7-21(29)26-19/h2-7,9,16-17H,8,10-15H2,1H3. The Morgan fingerprint density at radius 2 is 1.91 bits per heavy atom. The van der Waals surface area contributed by atoms with Gasteiger partial charge in [0.25, 0.3) is 5.56 Å². The molecule has 0 radical (unpaired) electrons. The van der Waals surface area contributed by atoms with Crippen molar-refractivity contribution in [2.24, 2.45) is 0 Å². The number of para-hydroxylation sites is 1. The summed E-state index contributed by atoms with van der Waals surface area (Å²) < 4.78 is 3.57. The van der Waals surface area contributed by atoms with Crippen molar-refractivity contribution < 1.29 is 4.79 Å². The average Bonchev–Trinajstić information content (AvgIpc) is 3.22. The van der Waals surface area contributed by atoms with E-state index in [1.165, 1.54) is 0 Å². The lowest BCUT2D eigenvalue weighted by atomic mass is 10.1. The van der Waals surface area contributed by atoms with Crippen LogP contribution in [-0.4, -0.2) is 60.8 Å². The monoisotopic (exact) mass is 430 g/mol. The van der Waals surface area contributed by atoms with Crippen LogP contribution in [0.15, 0.2) is 59.9 Å². The fourth-order valence-electron chi connectivity index (χ4n) is 4.32. The first-order valence-electron chi connectivity index (χ1n) is 11.0. The van der Waals surface area contributed by atoms with Crippen LogP contribution in [-0.2, 0) is 17.9 Å². The highest BCUT2D eigenvalue weighted by Crippen LogP contribution is 2.13. The van der Waals surface area contributed by atoms with Crippen LogP contribution >= 0.6 is 0 Å². The Morgan fingerprint density at radius 3 is 2.72 bits per heavy atom. The van der Waals surface area contributed by atoms with Gasteiger partial charge in [-0.25, -0.2) is 9.97 Å². The van der Waals surface area contributed by atoms with E-state index in [-0.39, 0.29) is 11.5 Å². The number of amides is 1. The summed E-state index contributed by atoms with van der Waals surface area (Å²) in [6.07, 6.45) is 5.91. The molecule has 0 aliphatic carbocycles. The summed E-state index contributed by atoms with van der Waals surface area (Å²) in [6, 6.07) is 11.6. The molecule has 1 amide bonds. The Morgan fingerprint density at radius 1 is 1.06 bits per heavy atom. The van der Waals surface area contributed by atoms with Crippen molar-refractivity contribution in [3.8, 4) is 0 Å². The molecule has 0 saturated carbocycles. The summed E-state index contributed by atoms with van der Waals surface area (Å²) >= 11 is 0. The van der Waals surface area contributed by atoms with E-state index in [1.54, 1.807) is 17.0 Å². The maximum absolute atomic E-state index is 12.7. The van der Waals surface area contributed by atoms with Crippen LogP contribution in [0.3, 0.4) is 0 Å². The van der Waals surface area contributed by atoms with Crippen LogP contribution in [0.1, 0.15) is 17.7 Å². The van der Waals surface area contributed by atoms with E-state index in [4.69, 9.17) is 0 Å². The molecule has 3 aromatic heterocycles. The topological polar surface area (TPSA) is 75.7 Å². The van der Waals surface area contributed by atoms with Crippen molar-refractivity contribution in [2.75, 3.05) is 26.2 Å². The van der Waals surface area contributed by atoms with Gasteiger partial charge in [-0.15, -0.1) is 0 Å². The zero-order valence-corrected chi connectivity index (χ0v) is 18.1. The number of hydrogen-bond donors (Lipinski definition) is 0. The lowest BCUT2D eigenvalue weighted by Crippen LogP contribution is -2.48. The Balaban J connectivity index is 1.16. The third-order valence-electron chi connectivity index (χ3n) is 6.15. The molecule has 164 valence electrons. The summed E-state index contributed by atoms with van der Waals surface area (Å²) in [5.74, 6) is 0.0774. The van der Waals surface area contributed by atoms with E-state index in [9.17, 15) is 9.59 Å². The number of hydrogen-bond acceptors (Lipinski definition) is 5. The van der Waals surface area contributed by atoms with Crippen molar-refractivity contribution in [2.45, 2.75) is 26.4 Å². The van der Waals surface area contributed by atoms with Gasteiger partial charge in [-0.2, -0.15) is 0 Å². The van der Waals surface area contributed by atoms with Crippen molar-refractivity contribution >= 4 is 22.5 Å². The molecule has 1 aliphatic rings. The Labute approximate surface area is 185 Å². The molecule has 0 N–H and O–H groups in total. The highest BCUT2D eigenvalue weighted by atomic mass is 16.2. The normalized spacial score (nSPS) is 15.0. The number of aromatic nitrogens is 4. The molecule has 0 atom stereocenters. The molecule has 8 heteroatoms. The second-order valence-electron chi connectivity index (χ2n) is 8.32. The zero-order chi connectivity index (χ0) is 22.1. The minimum atomic E-state index is -0.0937. The number of rotatable bonds is 5. The number of carbonyl (C=O) groups is 1. The highest BCUT2D eigenvalue weighted by molar-refractivity contribution is 5.80. The molecule has 4 heterocycles. The molecule has 4 aromatic rings. The third-order valence-corrected chi connectivity index (χ3v) is 6.15. The molecule has 1 saturated heterocycles. The Hall–Kier alpha value is -3.52. The number of carbonyl (C=O) groups excluding carboxylic acids is 1. The molecular weight excluding hydrogens is 404 g/mol. The van der Waals surface area contributed by atoms with Crippen LogP contribution in [0.25, 0.3) is 16.6 Å². The van der Waals surface area contributed by atoms with Crippen molar-refractivity contribution in [3.63, 3.8) is 0 Å². The summed E-state index contributed by atoms with van der Waals surface area (Å²) in [5, 5.41) is 0.598. The lowest BCUT2D eigenvalue weighted by molar-refractivity contribution is -0.133. The van der Waals surface area contributed by atoms with E-state index >= 15 is 0 Å². The van der Waals surface area contributed by atoms with Crippen molar-refractivity contribution in [1.29, 1.82) is 0 Å². The fraction of sp³-hybridized carbons (Fsp3) is 0.333. The molecule has 1 aliphatic heterocycles. The molecule has 1 fully saturated rings. The molecule has 0 spiro atoms. The zero-order valence-electron chi connectivity index (χ0n) is 18.1. The van der Waals surface area contributed by atoms with Gasteiger partial charge in [0.15, 0.2) is 0 Å². The smallest absolute Gasteiger partial charge is 0.261 e. The molecule has 5 rings (SSSR count). The summed E-state index contributed by atoms with van der Waals surface area (Å²) in [7, 11) is 0. The van der Waals surface area contributed by atoms with Crippen LogP contribution in [0, 0.1) is 6.92 Å². The molecule has 0 unspecified atom stereocenters. The molecule has 1 aromatic carbocycles. The largest absolute Gasteiger partial charge is 0.340 e. The highest BCUT2D eigenvalue weighted by Gasteiger charge is 2.21. The Bertz CT molecular complexity index is 1300. The van der Waals surface area contributed by atoms with E-state index in [1.807, 2.05) is 52.8 Å². The maximum Gasteiger partial charge on any atom is 0.261 e. The van der Waals surface area contributed by atoms with Crippen LogP contribution in [0.5, 0.6) is 0 Å². The predicted octanol–water partition coefficient (Wildman–Crippen LogP) is 2.09. The van der Waals surface area contributed by atoms with Gasteiger partial charge >= 0.3 is 0 Å². The number of benzene rings is 1. The second kappa shape index (κ2) is 8.55. The molecule has 32 heavy (non-hydrogen) atoms. The lowest BCUT2D eigenvalue weighted by Gasteiger charge is -2.34. The predicted molar refractivity (Wildman–Crippen MR) is 122 cm³/mol.